The number of hydrogen-bond donors (Lipinski definition) is 7. The molecule has 0 aromatic heterocycles. The van der Waals surface area contributed by atoms with Gasteiger partial charge in [0, 0.05) is 55.2 Å². The van der Waals surface area contributed by atoms with Crippen molar-refractivity contribution < 1.29 is 24.9 Å². The highest BCUT2D eigenvalue weighted by molar-refractivity contribution is 5.92. The predicted molar refractivity (Wildman–Crippen MR) is 173 cm³/mol. The summed E-state index contributed by atoms with van der Waals surface area (Å²) in [6.45, 7) is 6.43. The molecule has 2 spiro atoms. The molecular weight excluding hydrogens is 572 g/mol. The fourth-order valence-electron chi connectivity index (χ4n) is 10.9. The Kier molecular flexibility index (Phi) is 9.68. The zero-order chi connectivity index (χ0) is 31.8. The first-order valence-corrected chi connectivity index (χ1v) is 17.5. The van der Waals surface area contributed by atoms with E-state index in [1.165, 1.54) is 0 Å². The summed E-state index contributed by atoms with van der Waals surface area (Å²) in [5, 5.41) is 43.2. The van der Waals surface area contributed by atoms with E-state index in [1.807, 2.05) is 13.2 Å². The number of carbonyl (C=O) groups is 1. The molecule has 0 radical (unpaired) electrons. The lowest BCUT2D eigenvalue weighted by atomic mass is 9.46. The number of fused-ring (bicyclic) bond motifs is 1. The van der Waals surface area contributed by atoms with Crippen molar-refractivity contribution in [1.29, 1.82) is 0 Å². The average molecular weight is 629 g/mol. The van der Waals surface area contributed by atoms with Crippen LogP contribution in [0, 0.1) is 34.5 Å². The van der Waals surface area contributed by atoms with Crippen LogP contribution in [0.5, 0.6) is 0 Å². The van der Waals surface area contributed by atoms with Crippen LogP contribution in [0.25, 0.3) is 0 Å². The summed E-state index contributed by atoms with van der Waals surface area (Å²) in [5.41, 5.74) is 5.27. The van der Waals surface area contributed by atoms with E-state index in [2.05, 4.69) is 38.8 Å². The molecule has 0 amide bonds. The van der Waals surface area contributed by atoms with Gasteiger partial charge in [-0.2, -0.15) is 0 Å². The minimum atomic E-state index is -1.57. The van der Waals surface area contributed by atoms with Gasteiger partial charge in [-0.1, -0.05) is 13.0 Å². The first kappa shape index (κ1) is 32.9. The van der Waals surface area contributed by atoms with Crippen LogP contribution in [-0.4, -0.2) is 109 Å². The molecule has 45 heavy (non-hydrogen) atoms. The maximum absolute atomic E-state index is 13.2. The maximum atomic E-state index is 13.2. The van der Waals surface area contributed by atoms with Crippen molar-refractivity contribution in [1.82, 2.24) is 20.9 Å². The molecule has 1 saturated heterocycles. The molecular formula is C34H56N6O5. The summed E-state index contributed by atoms with van der Waals surface area (Å²) in [7, 11) is 1.89. The highest BCUT2D eigenvalue weighted by Gasteiger charge is 2.75. The Morgan fingerprint density at radius 1 is 1.22 bits per heavy atom. The van der Waals surface area contributed by atoms with Gasteiger partial charge >= 0.3 is 5.97 Å². The zero-order valence-electron chi connectivity index (χ0n) is 27.3. The van der Waals surface area contributed by atoms with Gasteiger partial charge in [0.05, 0.1) is 31.4 Å². The van der Waals surface area contributed by atoms with E-state index < -0.39 is 17.0 Å². The number of aliphatic hydroxyl groups excluding tert-OH is 1. The molecule has 11 nitrogen and oxygen atoms in total. The monoisotopic (exact) mass is 628 g/mol. The molecule has 3 saturated carbocycles. The first-order valence-electron chi connectivity index (χ1n) is 17.5. The van der Waals surface area contributed by atoms with E-state index >= 15 is 0 Å². The number of nitrogens with two attached hydrogens (primary N) is 1. The van der Waals surface area contributed by atoms with E-state index in [9.17, 15) is 20.1 Å². The van der Waals surface area contributed by atoms with E-state index in [-0.39, 0.29) is 48.1 Å². The highest BCUT2D eigenvalue weighted by Crippen LogP contribution is 2.77. The van der Waals surface area contributed by atoms with Crippen molar-refractivity contribution in [3.8, 4) is 0 Å². The number of hydrogen-bond acceptors (Lipinski definition) is 8. The van der Waals surface area contributed by atoms with Crippen molar-refractivity contribution in [2.45, 2.75) is 82.5 Å². The van der Waals surface area contributed by atoms with Gasteiger partial charge in [0.1, 0.15) is 5.60 Å². The molecule has 8 N–H and O–H groups in total. The number of carboxylic acids is 1. The Morgan fingerprint density at radius 2 is 2.07 bits per heavy atom. The number of likely N-dealkylation sites (N-methyl/N-ethyl adjacent to an activating group) is 1. The third kappa shape index (κ3) is 5.45. The Labute approximate surface area is 268 Å². The number of piperidine rings is 1. The van der Waals surface area contributed by atoms with Crippen LogP contribution < -0.4 is 21.7 Å². The van der Waals surface area contributed by atoms with Crippen molar-refractivity contribution in [3.63, 3.8) is 0 Å². The average Bonchev–Trinajstić information content (AvgIpc) is 3.38. The van der Waals surface area contributed by atoms with Gasteiger partial charge in [0.25, 0.3) is 0 Å². The Morgan fingerprint density at radius 3 is 2.84 bits per heavy atom. The fraction of sp³-hybridized carbons (Fsp3) is 0.824. The lowest BCUT2D eigenvalue weighted by Crippen LogP contribution is -2.62. The highest BCUT2D eigenvalue weighted by atomic mass is 16.5. The maximum Gasteiger partial charge on any atom is 0.334 e. The van der Waals surface area contributed by atoms with Crippen LogP contribution in [0.15, 0.2) is 28.4 Å². The molecule has 11 heteroatoms. The quantitative estimate of drug-likeness (QED) is 0.101. The molecule has 9 unspecified atom stereocenters. The number of allylic oxidation sites excluding steroid dienone is 1. The largest absolute Gasteiger partial charge is 0.478 e. The van der Waals surface area contributed by atoms with Crippen molar-refractivity contribution in [2.75, 3.05) is 59.5 Å². The number of rotatable bonds is 11. The summed E-state index contributed by atoms with van der Waals surface area (Å²) < 4.78 is 6.65. The van der Waals surface area contributed by atoms with Crippen LogP contribution >= 0.6 is 0 Å². The third-order valence-electron chi connectivity index (χ3n) is 12.7. The summed E-state index contributed by atoms with van der Waals surface area (Å²) in [4.78, 5) is 19.9. The van der Waals surface area contributed by atoms with Crippen LogP contribution in [-0.2, 0) is 9.53 Å². The predicted octanol–water partition coefficient (Wildman–Crippen LogP) is 1.42. The number of nitrogens with zero attached hydrogens (tertiary/aromatic N) is 2. The second-order valence-corrected chi connectivity index (χ2v) is 14.8. The van der Waals surface area contributed by atoms with Gasteiger partial charge in [-0.25, -0.2) is 4.79 Å². The normalized spacial score (nSPS) is 41.1. The summed E-state index contributed by atoms with van der Waals surface area (Å²) in [6, 6.07) is 0.445. The molecule has 2 heterocycles. The van der Waals surface area contributed by atoms with Gasteiger partial charge < -0.3 is 46.6 Å². The topological polar surface area (TPSA) is 165 Å². The fourth-order valence-corrected chi connectivity index (χ4v) is 10.9. The minimum Gasteiger partial charge on any atom is -0.478 e. The number of ether oxygens (including phenoxy) is 1. The molecule has 6 rings (SSSR count). The molecule has 0 aromatic rings. The van der Waals surface area contributed by atoms with Gasteiger partial charge in [0.15, 0.2) is 5.96 Å². The van der Waals surface area contributed by atoms with Crippen LogP contribution in [0.1, 0.15) is 64.7 Å². The number of aliphatic carboxylic acids is 1. The van der Waals surface area contributed by atoms with Crippen LogP contribution in [0.3, 0.4) is 0 Å². The molecule has 4 fully saturated rings. The van der Waals surface area contributed by atoms with Gasteiger partial charge in [-0.15, -0.1) is 0 Å². The molecule has 9 atom stereocenters. The van der Waals surface area contributed by atoms with Gasteiger partial charge in [-0.05, 0) is 94.7 Å². The molecule has 4 aliphatic carbocycles. The molecule has 2 aliphatic heterocycles. The Bertz CT molecular complexity index is 1190. The van der Waals surface area contributed by atoms with Crippen molar-refractivity contribution in [3.05, 3.63) is 23.4 Å². The van der Waals surface area contributed by atoms with E-state index in [4.69, 9.17) is 10.5 Å². The van der Waals surface area contributed by atoms with Crippen LogP contribution in [0.2, 0.25) is 0 Å². The summed E-state index contributed by atoms with van der Waals surface area (Å²) in [6.07, 6.45) is 12.7. The van der Waals surface area contributed by atoms with Crippen molar-refractivity contribution in [2.24, 2.45) is 45.2 Å². The number of aliphatic hydroxyl groups is 2. The molecule has 252 valence electrons. The number of guanidine groups is 1. The Balaban J connectivity index is 1.37. The molecule has 6 aliphatic rings. The smallest absolute Gasteiger partial charge is 0.334 e. The molecule has 2 bridgehead atoms. The zero-order valence-corrected chi connectivity index (χ0v) is 27.3. The van der Waals surface area contributed by atoms with E-state index in [0.717, 1.165) is 63.6 Å². The number of aliphatic imine (C=N–C) groups is 1. The SMILES string of the molecule is CNCCN=C(N)N1C=CC(CNCCO)C2(C1)C1CCC(C)C23CC(O)(COC2CCCC4NCCCC42)C(C(=O)O)=C3C1. The lowest BCUT2D eigenvalue weighted by molar-refractivity contribution is -0.146. The van der Waals surface area contributed by atoms with Crippen molar-refractivity contribution >= 4 is 11.9 Å². The second-order valence-electron chi connectivity index (χ2n) is 14.8. The number of nitrogens with one attached hydrogen (secondary N) is 3. The number of carboxylic acid groups (broad SMARTS) is 1. The van der Waals surface area contributed by atoms with E-state index in [1.54, 1.807) is 0 Å². The molecule has 0 aromatic carbocycles. The third-order valence-corrected chi connectivity index (χ3v) is 12.7. The Hall–Kier alpha value is -2.02. The first-order chi connectivity index (χ1) is 21.7. The second kappa shape index (κ2) is 13.2. The van der Waals surface area contributed by atoms with Crippen LogP contribution in [0.4, 0.5) is 0 Å². The summed E-state index contributed by atoms with van der Waals surface area (Å²) >= 11 is 0. The lowest BCUT2D eigenvalue weighted by Gasteiger charge is -2.61. The standard InChI is InChI=1S/C34H56N6O5/c1-22-8-9-23-17-26-29(30(42)43)32(44,21-45-28-7-3-6-27-25(28)5-4-11-38-27)19-33(22,26)34(23)20-40(31(35)39-13-12-36-2)15-10-24(34)18-37-14-16-41/h10,15,22-25,27-28,36-38,41,44H,3-9,11-14,16-21H2,1-2H3,(H2,35,39)(H,42,43). The van der Waals surface area contributed by atoms with E-state index in [0.29, 0.717) is 56.9 Å². The van der Waals surface area contributed by atoms with Gasteiger partial charge in [-0.3, -0.25) is 4.99 Å². The van der Waals surface area contributed by atoms with Gasteiger partial charge in [0.2, 0.25) is 0 Å². The summed E-state index contributed by atoms with van der Waals surface area (Å²) in [5.74, 6) is 0.341. The minimum absolute atomic E-state index is 0.0157.